The van der Waals surface area contributed by atoms with Gasteiger partial charge in [0.1, 0.15) is 17.4 Å². The summed E-state index contributed by atoms with van der Waals surface area (Å²) in [7, 11) is 3.58. The first-order valence-corrected chi connectivity index (χ1v) is 7.50. The van der Waals surface area contributed by atoms with Gasteiger partial charge in [-0.25, -0.2) is 0 Å². The molecule has 1 aromatic carbocycles. The predicted molar refractivity (Wildman–Crippen MR) is 87.8 cm³/mol. The Labute approximate surface area is 134 Å². The molecule has 0 spiro atoms. The lowest BCUT2D eigenvalue weighted by Gasteiger charge is -2.14. The van der Waals surface area contributed by atoms with Crippen molar-refractivity contribution >= 4 is 16.9 Å². The molecule has 1 unspecified atom stereocenters. The van der Waals surface area contributed by atoms with Crippen molar-refractivity contribution < 1.29 is 9.21 Å². The molecule has 3 rings (SSSR count). The highest BCUT2D eigenvalue weighted by atomic mass is 16.3. The normalized spacial score (nSPS) is 12.5. The largest absolute Gasteiger partial charge is 0.459 e. The maximum atomic E-state index is 12.4. The van der Waals surface area contributed by atoms with E-state index in [2.05, 4.69) is 15.7 Å². The lowest BCUT2D eigenvalue weighted by Crippen LogP contribution is -2.35. The molecule has 0 aliphatic heterocycles. The van der Waals surface area contributed by atoms with Crippen LogP contribution in [-0.4, -0.2) is 22.7 Å². The monoisotopic (exact) mass is 312 g/mol. The van der Waals surface area contributed by atoms with Crippen LogP contribution in [0.2, 0.25) is 0 Å². The third kappa shape index (κ3) is 2.98. The smallest absolute Gasteiger partial charge is 0.242 e. The third-order valence-corrected chi connectivity index (χ3v) is 3.97. The summed E-state index contributed by atoms with van der Waals surface area (Å²) in [5.41, 5.74) is 2.73. The van der Waals surface area contributed by atoms with Gasteiger partial charge in [0.15, 0.2) is 0 Å². The number of aryl methyl sites for hydroxylation is 2. The third-order valence-electron chi connectivity index (χ3n) is 3.97. The number of likely N-dealkylation sites (N-methyl/N-ethyl adjacent to an activating group) is 1. The maximum Gasteiger partial charge on any atom is 0.242 e. The Morgan fingerprint density at radius 2 is 2.17 bits per heavy atom. The van der Waals surface area contributed by atoms with E-state index < -0.39 is 6.04 Å². The maximum absolute atomic E-state index is 12.4. The van der Waals surface area contributed by atoms with Crippen molar-refractivity contribution in [3.63, 3.8) is 0 Å². The van der Waals surface area contributed by atoms with Crippen LogP contribution in [0.4, 0.5) is 0 Å². The number of nitrogens with zero attached hydrogens (tertiary/aromatic N) is 2. The fraction of sp³-hybridized carbons (Fsp3) is 0.294. The van der Waals surface area contributed by atoms with Crippen molar-refractivity contribution in [1.82, 2.24) is 20.4 Å². The zero-order valence-electron chi connectivity index (χ0n) is 13.5. The molecule has 0 aliphatic rings. The fourth-order valence-electron chi connectivity index (χ4n) is 2.70. The molecule has 2 N–H and O–H groups in total. The number of hydrogen-bond donors (Lipinski definition) is 2. The minimum Gasteiger partial charge on any atom is -0.459 e. The predicted octanol–water partition coefficient (Wildman–Crippen LogP) is 2.05. The number of aromatic nitrogens is 2. The first-order chi connectivity index (χ1) is 11.1. The molecular formula is C17H20N4O2. The lowest BCUT2D eigenvalue weighted by atomic mass is 10.1. The second-order valence-corrected chi connectivity index (χ2v) is 5.53. The summed E-state index contributed by atoms with van der Waals surface area (Å²) in [6.07, 6.45) is 3.51. The van der Waals surface area contributed by atoms with E-state index in [9.17, 15) is 4.79 Å². The van der Waals surface area contributed by atoms with Crippen molar-refractivity contribution in [2.75, 3.05) is 7.05 Å². The van der Waals surface area contributed by atoms with Crippen molar-refractivity contribution in [3.8, 4) is 0 Å². The van der Waals surface area contributed by atoms with Gasteiger partial charge in [0, 0.05) is 29.8 Å². The summed E-state index contributed by atoms with van der Waals surface area (Å²) in [6, 6.07) is 7.43. The number of hydrogen-bond acceptors (Lipinski definition) is 4. The molecule has 0 fully saturated rings. The Morgan fingerprint density at radius 3 is 2.83 bits per heavy atom. The number of furan rings is 1. The molecule has 3 aromatic rings. The van der Waals surface area contributed by atoms with Crippen LogP contribution in [-0.2, 0) is 18.4 Å². The number of benzene rings is 1. The van der Waals surface area contributed by atoms with E-state index in [0.29, 0.717) is 6.54 Å². The van der Waals surface area contributed by atoms with Crippen molar-refractivity contribution in [2.45, 2.75) is 19.5 Å². The second-order valence-electron chi connectivity index (χ2n) is 5.53. The van der Waals surface area contributed by atoms with Crippen LogP contribution in [0.15, 0.2) is 41.1 Å². The summed E-state index contributed by atoms with van der Waals surface area (Å²) in [5, 5.41) is 11.1. The molecule has 0 saturated carbocycles. The topological polar surface area (TPSA) is 72.1 Å². The van der Waals surface area contributed by atoms with Gasteiger partial charge in [-0.05, 0) is 20.0 Å². The van der Waals surface area contributed by atoms with Gasteiger partial charge in [0.2, 0.25) is 5.91 Å². The molecule has 6 heteroatoms. The zero-order valence-corrected chi connectivity index (χ0v) is 13.5. The first kappa shape index (κ1) is 15.3. The van der Waals surface area contributed by atoms with E-state index in [-0.39, 0.29) is 5.91 Å². The highest BCUT2D eigenvalue weighted by Gasteiger charge is 2.20. The SMILES string of the molecule is CNC(C(=O)NCc1oc2ccccc2c1C)c1cnn(C)c1. The Morgan fingerprint density at radius 1 is 1.39 bits per heavy atom. The molecule has 6 nitrogen and oxygen atoms in total. The Hall–Kier alpha value is -2.60. The van der Waals surface area contributed by atoms with Crippen molar-refractivity contribution in [2.24, 2.45) is 7.05 Å². The first-order valence-electron chi connectivity index (χ1n) is 7.50. The van der Waals surface area contributed by atoms with Crippen molar-refractivity contribution in [1.29, 1.82) is 0 Å². The molecule has 0 radical (unpaired) electrons. The Bertz CT molecular complexity index is 834. The second kappa shape index (κ2) is 6.26. The number of para-hydroxylation sites is 1. The van der Waals surface area contributed by atoms with Crippen LogP contribution in [0.1, 0.15) is 22.9 Å². The molecule has 1 atom stereocenters. The summed E-state index contributed by atoms with van der Waals surface area (Å²) >= 11 is 0. The molecule has 0 bridgehead atoms. The van der Waals surface area contributed by atoms with Crippen LogP contribution >= 0.6 is 0 Å². The number of nitrogens with one attached hydrogen (secondary N) is 2. The van der Waals surface area contributed by atoms with E-state index in [1.807, 2.05) is 44.4 Å². The van der Waals surface area contributed by atoms with Gasteiger partial charge in [-0.15, -0.1) is 0 Å². The number of carbonyl (C=O) groups excluding carboxylic acids is 1. The van der Waals surface area contributed by atoms with Gasteiger partial charge in [-0.2, -0.15) is 5.10 Å². The minimum atomic E-state index is -0.437. The highest BCUT2D eigenvalue weighted by molar-refractivity contribution is 5.84. The summed E-state index contributed by atoms with van der Waals surface area (Å²) < 4.78 is 7.50. The van der Waals surface area contributed by atoms with Crippen LogP contribution in [0.5, 0.6) is 0 Å². The minimum absolute atomic E-state index is 0.111. The van der Waals surface area contributed by atoms with E-state index in [0.717, 1.165) is 27.9 Å². The Balaban J connectivity index is 1.73. The molecule has 0 aliphatic carbocycles. The van der Waals surface area contributed by atoms with E-state index in [1.54, 1.807) is 17.9 Å². The van der Waals surface area contributed by atoms with Gasteiger partial charge in [-0.1, -0.05) is 18.2 Å². The fourth-order valence-corrected chi connectivity index (χ4v) is 2.70. The van der Waals surface area contributed by atoms with E-state index in [1.165, 1.54) is 0 Å². The van der Waals surface area contributed by atoms with Crippen LogP contribution < -0.4 is 10.6 Å². The van der Waals surface area contributed by atoms with Gasteiger partial charge in [0.25, 0.3) is 0 Å². The highest BCUT2D eigenvalue weighted by Crippen LogP contribution is 2.24. The van der Waals surface area contributed by atoms with Gasteiger partial charge >= 0.3 is 0 Å². The Kier molecular flexibility index (Phi) is 4.16. The molecule has 2 heterocycles. The van der Waals surface area contributed by atoms with Gasteiger partial charge < -0.3 is 15.1 Å². The lowest BCUT2D eigenvalue weighted by molar-refractivity contribution is -0.123. The quantitative estimate of drug-likeness (QED) is 0.756. The molecule has 0 saturated heterocycles. The summed E-state index contributed by atoms with van der Waals surface area (Å²) in [4.78, 5) is 12.4. The van der Waals surface area contributed by atoms with Gasteiger partial charge in [0.05, 0.1) is 12.7 Å². The van der Waals surface area contributed by atoms with Crippen molar-refractivity contribution in [3.05, 3.63) is 53.5 Å². The molecule has 120 valence electrons. The molecule has 1 amide bonds. The average molecular weight is 312 g/mol. The van der Waals surface area contributed by atoms with Crippen LogP contribution in [0.25, 0.3) is 11.0 Å². The van der Waals surface area contributed by atoms with Crippen LogP contribution in [0, 0.1) is 6.92 Å². The number of fused-ring (bicyclic) bond motifs is 1. The number of carbonyl (C=O) groups is 1. The molecule has 2 aromatic heterocycles. The van der Waals surface area contributed by atoms with Gasteiger partial charge in [-0.3, -0.25) is 9.48 Å². The zero-order chi connectivity index (χ0) is 16.4. The number of rotatable bonds is 5. The summed E-state index contributed by atoms with van der Waals surface area (Å²) in [5.74, 6) is 0.668. The van der Waals surface area contributed by atoms with E-state index >= 15 is 0 Å². The molecule has 23 heavy (non-hydrogen) atoms. The standard InChI is InChI=1S/C17H20N4O2/c1-11-13-6-4-5-7-14(13)23-15(11)9-19-17(22)16(18-2)12-8-20-21(3)10-12/h4-8,10,16,18H,9H2,1-3H3,(H,19,22). The molecular weight excluding hydrogens is 292 g/mol. The average Bonchev–Trinajstić information content (AvgIpc) is 3.11. The van der Waals surface area contributed by atoms with E-state index in [4.69, 9.17) is 4.42 Å². The number of amides is 1. The van der Waals surface area contributed by atoms with Crippen LogP contribution in [0.3, 0.4) is 0 Å². The summed E-state index contributed by atoms with van der Waals surface area (Å²) in [6.45, 7) is 2.36.